The molecule has 0 saturated carbocycles. The zero-order valence-electron chi connectivity index (χ0n) is 14.4. The van der Waals surface area contributed by atoms with Crippen LogP contribution in [0.1, 0.15) is 37.6 Å². The number of carboxylic acids is 1. The molecule has 0 spiro atoms. The predicted molar refractivity (Wildman–Crippen MR) is 93.4 cm³/mol. The summed E-state index contributed by atoms with van der Waals surface area (Å²) in [4.78, 5) is 23.5. The third kappa shape index (κ3) is 5.59. The van der Waals surface area contributed by atoms with Crippen LogP contribution in [0.5, 0.6) is 0 Å². The highest BCUT2D eigenvalue weighted by molar-refractivity contribution is 7.89. The number of carbonyl (C=O) groups excluding carboxylic acids is 1. The zero-order chi connectivity index (χ0) is 19.3. The number of carboxylic acid groups (broad SMARTS) is 1. The standard InChI is InChI=1S/C17H22N2O5S/c1-5-9-18-25(23,24)14-8-6-7-13(10-14)16(22)19-17(4,12(2)3)11-15(20)21/h1,6-8,10,12,18H,9,11H2,2-4H3,(H,19,22)(H,20,21). The van der Waals surface area contributed by atoms with Crippen LogP contribution < -0.4 is 10.0 Å². The highest BCUT2D eigenvalue weighted by atomic mass is 32.2. The summed E-state index contributed by atoms with van der Waals surface area (Å²) in [5.74, 6) is 0.440. The first-order valence-electron chi connectivity index (χ1n) is 7.59. The van der Waals surface area contributed by atoms with Gasteiger partial charge in [0.05, 0.1) is 23.4 Å². The van der Waals surface area contributed by atoms with E-state index >= 15 is 0 Å². The van der Waals surface area contributed by atoms with Crippen LogP contribution in [0.2, 0.25) is 0 Å². The van der Waals surface area contributed by atoms with Crippen molar-refractivity contribution in [2.75, 3.05) is 6.54 Å². The van der Waals surface area contributed by atoms with Gasteiger partial charge in [0.1, 0.15) is 0 Å². The molecule has 1 aromatic carbocycles. The molecule has 0 aliphatic rings. The summed E-state index contributed by atoms with van der Waals surface area (Å²) < 4.78 is 26.4. The summed E-state index contributed by atoms with van der Waals surface area (Å²) in [5, 5.41) is 11.8. The number of rotatable bonds is 8. The minimum absolute atomic E-state index is 0.0973. The fourth-order valence-corrected chi connectivity index (χ4v) is 3.04. The number of benzene rings is 1. The van der Waals surface area contributed by atoms with Crippen LogP contribution in [0.25, 0.3) is 0 Å². The lowest BCUT2D eigenvalue weighted by molar-refractivity contribution is -0.138. The quantitative estimate of drug-likeness (QED) is 0.599. The van der Waals surface area contributed by atoms with E-state index in [1.54, 1.807) is 20.8 Å². The van der Waals surface area contributed by atoms with Gasteiger partial charge in [0.25, 0.3) is 5.91 Å². The van der Waals surface area contributed by atoms with Gasteiger partial charge in [0.2, 0.25) is 10.0 Å². The van der Waals surface area contributed by atoms with Crippen molar-refractivity contribution >= 4 is 21.9 Å². The van der Waals surface area contributed by atoms with E-state index in [1.165, 1.54) is 24.3 Å². The number of amides is 1. The number of hydrogen-bond acceptors (Lipinski definition) is 4. The summed E-state index contributed by atoms with van der Waals surface area (Å²) >= 11 is 0. The molecule has 25 heavy (non-hydrogen) atoms. The summed E-state index contributed by atoms with van der Waals surface area (Å²) in [6.45, 7) is 5.07. The largest absolute Gasteiger partial charge is 0.481 e. The van der Waals surface area contributed by atoms with E-state index in [2.05, 4.69) is 16.0 Å². The van der Waals surface area contributed by atoms with E-state index in [0.717, 1.165) is 0 Å². The molecule has 0 bridgehead atoms. The van der Waals surface area contributed by atoms with Gasteiger partial charge in [0.15, 0.2) is 0 Å². The van der Waals surface area contributed by atoms with Gasteiger partial charge < -0.3 is 10.4 Å². The molecular weight excluding hydrogens is 344 g/mol. The Kier molecular flexibility index (Phi) is 6.73. The monoisotopic (exact) mass is 366 g/mol. The summed E-state index contributed by atoms with van der Waals surface area (Å²) in [7, 11) is -3.82. The Morgan fingerprint density at radius 3 is 2.52 bits per heavy atom. The third-order valence-corrected chi connectivity index (χ3v) is 5.36. The SMILES string of the molecule is C#CCNS(=O)(=O)c1cccc(C(=O)NC(C)(CC(=O)O)C(C)C)c1. The van der Waals surface area contributed by atoms with Crippen molar-refractivity contribution < 1.29 is 23.1 Å². The van der Waals surface area contributed by atoms with Gasteiger partial charge in [-0.1, -0.05) is 25.8 Å². The van der Waals surface area contributed by atoms with E-state index in [0.29, 0.717) is 0 Å². The summed E-state index contributed by atoms with van der Waals surface area (Å²) in [5.41, 5.74) is -0.861. The van der Waals surface area contributed by atoms with Crippen molar-refractivity contribution in [2.24, 2.45) is 5.92 Å². The first kappa shape index (κ1) is 20.7. The predicted octanol–water partition coefficient (Wildman–Crippen LogP) is 1.22. The molecule has 0 aromatic heterocycles. The van der Waals surface area contributed by atoms with E-state index in [9.17, 15) is 18.0 Å². The fraction of sp³-hybridized carbons (Fsp3) is 0.412. The van der Waals surface area contributed by atoms with Gasteiger partial charge >= 0.3 is 5.97 Å². The first-order valence-corrected chi connectivity index (χ1v) is 9.07. The number of hydrogen-bond donors (Lipinski definition) is 3. The molecule has 1 unspecified atom stereocenters. The Bertz CT molecular complexity index is 796. The highest BCUT2D eigenvalue weighted by Gasteiger charge is 2.33. The zero-order valence-corrected chi connectivity index (χ0v) is 15.2. The lowest BCUT2D eigenvalue weighted by Crippen LogP contribution is -2.51. The van der Waals surface area contributed by atoms with Crippen LogP contribution in [0, 0.1) is 18.3 Å². The van der Waals surface area contributed by atoms with Gasteiger partial charge in [-0.05, 0) is 31.0 Å². The van der Waals surface area contributed by atoms with Crippen LogP contribution >= 0.6 is 0 Å². The highest BCUT2D eigenvalue weighted by Crippen LogP contribution is 2.22. The molecule has 8 heteroatoms. The van der Waals surface area contributed by atoms with E-state index in [1.807, 2.05) is 0 Å². The normalized spacial score (nSPS) is 13.7. The van der Waals surface area contributed by atoms with Crippen molar-refractivity contribution in [1.29, 1.82) is 0 Å². The molecule has 3 N–H and O–H groups in total. The van der Waals surface area contributed by atoms with Gasteiger partial charge in [-0.25, -0.2) is 8.42 Å². The Morgan fingerprint density at radius 1 is 1.36 bits per heavy atom. The Balaban J connectivity index is 3.09. The van der Waals surface area contributed by atoms with Crippen molar-refractivity contribution in [1.82, 2.24) is 10.0 Å². The molecule has 0 radical (unpaired) electrons. The Hall–Kier alpha value is -2.37. The lowest BCUT2D eigenvalue weighted by Gasteiger charge is -2.33. The van der Waals surface area contributed by atoms with Crippen LogP contribution in [-0.4, -0.2) is 37.5 Å². The molecule has 0 aliphatic heterocycles. The number of terminal acetylenes is 1. The number of aliphatic carboxylic acids is 1. The lowest BCUT2D eigenvalue weighted by atomic mass is 9.85. The van der Waals surface area contributed by atoms with Crippen LogP contribution in [-0.2, 0) is 14.8 Å². The number of nitrogens with one attached hydrogen (secondary N) is 2. The third-order valence-electron chi connectivity index (χ3n) is 3.96. The summed E-state index contributed by atoms with van der Waals surface area (Å²) in [6, 6.07) is 5.45. The van der Waals surface area contributed by atoms with Crippen molar-refractivity contribution in [3.63, 3.8) is 0 Å². The van der Waals surface area contributed by atoms with Gasteiger partial charge in [-0.3, -0.25) is 9.59 Å². The van der Waals surface area contributed by atoms with Crippen molar-refractivity contribution in [2.45, 2.75) is 37.6 Å². The molecule has 1 rings (SSSR count). The summed E-state index contributed by atoms with van der Waals surface area (Å²) in [6.07, 6.45) is 4.79. The number of sulfonamides is 1. The topological polar surface area (TPSA) is 113 Å². The second kappa shape index (κ2) is 8.14. The smallest absolute Gasteiger partial charge is 0.305 e. The molecule has 0 saturated heterocycles. The van der Waals surface area contributed by atoms with Gasteiger partial charge in [-0.2, -0.15) is 4.72 Å². The molecule has 0 heterocycles. The fourth-order valence-electron chi connectivity index (χ4n) is 2.06. The van der Waals surface area contributed by atoms with Crippen molar-refractivity contribution in [3.05, 3.63) is 29.8 Å². The van der Waals surface area contributed by atoms with Crippen LogP contribution in [0.3, 0.4) is 0 Å². The molecular formula is C17H22N2O5S. The number of carbonyl (C=O) groups is 2. The molecule has 136 valence electrons. The maximum absolute atomic E-state index is 12.5. The van der Waals surface area contributed by atoms with Gasteiger partial charge in [-0.15, -0.1) is 6.42 Å². The van der Waals surface area contributed by atoms with Crippen LogP contribution in [0.15, 0.2) is 29.2 Å². The minimum Gasteiger partial charge on any atom is -0.481 e. The maximum atomic E-state index is 12.5. The Labute approximate surface area is 147 Å². The van der Waals surface area contributed by atoms with E-state index in [4.69, 9.17) is 11.5 Å². The van der Waals surface area contributed by atoms with Crippen LogP contribution in [0.4, 0.5) is 0 Å². The maximum Gasteiger partial charge on any atom is 0.305 e. The van der Waals surface area contributed by atoms with Crippen molar-refractivity contribution in [3.8, 4) is 12.3 Å². The van der Waals surface area contributed by atoms with E-state index < -0.39 is 27.4 Å². The first-order chi connectivity index (χ1) is 11.5. The molecule has 0 aliphatic carbocycles. The minimum atomic E-state index is -3.82. The second-order valence-corrected chi connectivity index (χ2v) is 7.92. The second-order valence-electron chi connectivity index (χ2n) is 6.15. The van der Waals surface area contributed by atoms with Gasteiger partial charge in [0, 0.05) is 5.56 Å². The molecule has 1 aromatic rings. The molecule has 0 fully saturated rings. The van der Waals surface area contributed by atoms with E-state index in [-0.39, 0.29) is 29.3 Å². The molecule has 1 atom stereocenters. The average Bonchev–Trinajstić information content (AvgIpc) is 2.52. The Morgan fingerprint density at radius 2 is 2.00 bits per heavy atom. The average molecular weight is 366 g/mol. The molecule has 1 amide bonds. The molecule has 7 nitrogen and oxygen atoms in total.